The number of esters is 1. The molecule has 16 heteroatoms. The van der Waals surface area contributed by atoms with Crippen LogP contribution in [0.3, 0.4) is 0 Å². The number of Topliss-reactive ketones (excluding diaryl/α,β-unsaturated/α-hetero) is 1. The van der Waals surface area contributed by atoms with Crippen molar-refractivity contribution < 1.29 is 43.4 Å². The Balaban J connectivity index is 2.29. The zero-order valence-corrected chi connectivity index (χ0v) is 27.4. The minimum atomic E-state index is -1.67. The number of ether oxygens (including phenoxy) is 1. The summed E-state index contributed by atoms with van der Waals surface area (Å²) in [5, 5.41) is 23.0. The third-order valence-corrected chi connectivity index (χ3v) is 6.79. The summed E-state index contributed by atoms with van der Waals surface area (Å²) in [5.41, 5.74) is 7.12. The van der Waals surface area contributed by atoms with Gasteiger partial charge in [0.1, 0.15) is 23.9 Å². The molecule has 0 bridgehead atoms. The normalized spacial score (nSPS) is 14.5. The molecule has 1 aromatic carbocycles. The number of aromatic amines is 1. The Morgan fingerprint density at radius 3 is 2.11 bits per heavy atom. The second-order valence-electron chi connectivity index (χ2n) is 12.2. The highest BCUT2D eigenvalue weighted by molar-refractivity contribution is 5.98. The van der Waals surface area contributed by atoms with Crippen LogP contribution in [0.4, 0.5) is 0 Å². The van der Waals surface area contributed by atoms with Gasteiger partial charge in [-0.25, -0.2) is 0 Å². The van der Waals surface area contributed by atoms with Crippen molar-refractivity contribution in [2.45, 2.75) is 89.7 Å². The molecular weight excluding hydrogens is 614 g/mol. The first-order valence-corrected chi connectivity index (χ1v) is 15.0. The predicted molar refractivity (Wildman–Crippen MR) is 170 cm³/mol. The molecule has 258 valence electrons. The number of methoxy groups -OCH3 is 1. The Labute approximate surface area is 272 Å². The lowest BCUT2D eigenvalue weighted by Crippen LogP contribution is -2.60. The van der Waals surface area contributed by atoms with Crippen LogP contribution in [0, 0.1) is 0 Å². The van der Waals surface area contributed by atoms with Gasteiger partial charge in [0.05, 0.1) is 38.6 Å². The Morgan fingerprint density at radius 2 is 1.51 bits per heavy atom. The first kappa shape index (κ1) is 38.4. The van der Waals surface area contributed by atoms with E-state index < -0.39 is 84.2 Å². The number of rotatable bonds is 16. The molecule has 5 amide bonds. The number of H-pyrrole nitrogens is 1. The summed E-state index contributed by atoms with van der Waals surface area (Å²) < 4.78 is 4.64. The molecule has 9 N–H and O–H groups in total. The summed E-state index contributed by atoms with van der Waals surface area (Å²) in [6.45, 7) is 7.24. The van der Waals surface area contributed by atoms with E-state index in [0.29, 0.717) is 0 Å². The lowest BCUT2D eigenvalue weighted by Gasteiger charge is -2.27. The maximum Gasteiger partial charge on any atom is 0.308 e. The topological polar surface area (TPSA) is 251 Å². The van der Waals surface area contributed by atoms with Gasteiger partial charge in [0, 0.05) is 22.6 Å². The maximum atomic E-state index is 13.6. The van der Waals surface area contributed by atoms with E-state index in [1.165, 1.54) is 13.8 Å². The summed E-state index contributed by atoms with van der Waals surface area (Å²) in [6.07, 6.45) is -0.879. The number of amides is 5. The number of nitrogens with one attached hydrogen (secondary N) is 6. The number of ketones is 1. The van der Waals surface area contributed by atoms with Gasteiger partial charge in [0.25, 0.3) is 0 Å². The number of fused-ring (bicyclic) bond motifs is 1. The van der Waals surface area contributed by atoms with Crippen molar-refractivity contribution in [2.75, 3.05) is 13.7 Å². The molecule has 1 aromatic heterocycles. The molecule has 0 aliphatic carbocycles. The van der Waals surface area contributed by atoms with E-state index in [1.807, 2.05) is 24.3 Å². The summed E-state index contributed by atoms with van der Waals surface area (Å²) in [4.78, 5) is 92.0. The van der Waals surface area contributed by atoms with Crippen molar-refractivity contribution >= 4 is 52.2 Å². The average molecular weight is 660 g/mol. The second kappa shape index (κ2) is 17.2. The predicted octanol–water partition coefficient (Wildman–Crippen LogP) is -1.55. The van der Waals surface area contributed by atoms with Gasteiger partial charge in [-0.15, -0.1) is 0 Å². The van der Waals surface area contributed by atoms with Crippen LogP contribution in [0.2, 0.25) is 0 Å². The third-order valence-electron chi connectivity index (χ3n) is 6.79. The average Bonchev–Trinajstić information content (AvgIpc) is 3.38. The van der Waals surface area contributed by atoms with Crippen LogP contribution in [0.25, 0.3) is 10.9 Å². The number of carbonyl (C=O) groups excluding carboxylic acids is 7. The molecule has 0 radical (unpaired) electrons. The monoisotopic (exact) mass is 659 g/mol. The van der Waals surface area contributed by atoms with Gasteiger partial charge in [-0.1, -0.05) is 18.2 Å². The lowest BCUT2D eigenvalue weighted by molar-refractivity contribution is -0.144. The van der Waals surface area contributed by atoms with Gasteiger partial charge in [0.15, 0.2) is 0 Å². The molecule has 0 spiro atoms. The molecule has 1 heterocycles. The Hall–Kier alpha value is -4.83. The number of aliphatic hydroxyl groups is 1. The number of aromatic nitrogens is 1. The summed E-state index contributed by atoms with van der Waals surface area (Å²) in [7, 11) is 1.06. The zero-order chi connectivity index (χ0) is 35.5. The van der Waals surface area contributed by atoms with E-state index in [0.717, 1.165) is 23.6 Å². The molecular formula is C31H45N7O9. The molecule has 47 heavy (non-hydrogen) atoms. The fourth-order valence-electron chi connectivity index (χ4n) is 4.49. The van der Waals surface area contributed by atoms with Crippen molar-refractivity contribution in [1.82, 2.24) is 31.6 Å². The number of hydrogen-bond donors (Lipinski definition) is 8. The van der Waals surface area contributed by atoms with E-state index in [2.05, 4.69) is 36.3 Å². The molecule has 0 saturated heterocycles. The highest BCUT2D eigenvalue weighted by atomic mass is 16.5. The quantitative estimate of drug-likeness (QED) is 0.0963. The lowest BCUT2D eigenvalue weighted by atomic mass is 10.0. The second-order valence-corrected chi connectivity index (χ2v) is 12.2. The van der Waals surface area contributed by atoms with Gasteiger partial charge in [-0.2, -0.15) is 0 Å². The molecule has 5 atom stereocenters. The van der Waals surface area contributed by atoms with Crippen LogP contribution in [0.15, 0.2) is 30.5 Å². The van der Waals surface area contributed by atoms with Gasteiger partial charge < -0.3 is 47.1 Å². The first-order valence-electron chi connectivity index (χ1n) is 15.0. The standard InChI is InChI=1S/C31H45N7O9/c1-16(39)14-34-30(46)26(17(2)40)37-29(45)23(13-25(42)47-6)36-28(44)22(12-24(41)38-31(3,4)5)35-27(43)20(32)11-18-15-33-21-10-8-7-9-19(18)21/h7-10,15,17,20,22-23,26,33,40H,11-14,32H2,1-6H3,(H,34,46)(H,35,43)(H,36,44)(H,37,45)(H,38,41). The van der Waals surface area contributed by atoms with E-state index in [1.54, 1.807) is 27.0 Å². The SMILES string of the molecule is COC(=O)CC(NC(=O)C(CC(=O)NC(C)(C)C)NC(=O)C(N)Cc1c[nH]c2ccccc12)C(=O)NC(C(=O)NCC(C)=O)C(C)O. The fraction of sp³-hybridized carbons (Fsp3) is 0.516. The Kier molecular flexibility index (Phi) is 14.0. The van der Waals surface area contributed by atoms with Gasteiger partial charge in [-0.3, -0.25) is 33.6 Å². The van der Waals surface area contributed by atoms with Crippen LogP contribution in [-0.2, 0) is 44.7 Å². The van der Waals surface area contributed by atoms with E-state index in [4.69, 9.17) is 5.73 Å². The molecule has 16 nitrogen and oxygen atoms in total. The van der Waals surface area contributed by atoms with Crippen LogP contribution in [-0.4, -0.2) is 101 Å². The van der Waals surface area contributed by atoms with Crippen molar-refractivity contribution in [2.24, 2.45) is 5.73 Å². The van der Waals surface area contributed by atoms with Gasteiger partial charge in [-0.05, 0) is 52.7 Å². The summed E-state index contributed by atoms with van der Waals surface area (Å²) in [5.74, 6) is -5.62. The van der Waals surface area contributed by atoms with Crippen molar-refractivity contribution in [3.63, 3.8) is 0 Å². The Morgan fingerprint density at radius 1 is 0.915 bits per heavy atom. The molecule has 0 fully saturated rings. The largest absolute Gasteiger partial charge is 0.469 e. The molecule has 0 aliphatic heterocycles. The number of nitrogens with two attached hydrogens (primary N) is 1. The number of benzene rings is 1. The van der Waals surface area contributed by atoms with E-state index in [-0.39, 0.29) is 18.7 Å². The van der Waals surface area contributed by atoms with Crippen LogP contribution in [0.5, 0.6) is 0 Å². The van der Waals surface area contributed by atoms with Gasteiger partial charge in [0.2, 0.25) is 29.5 Å². The molecule has 0 saturated carbocycles. The highest BCUT2D eigenvalue weighted by Gasteiger charge is 2.34. The zero-order valence-electron chi connectivity index (χ0n) is 27.4. The van der Waals surface area contributed by atoms with Crippen molar-refractivity contribution in [3.8, 4) is 0 Å². The van der Waals surface area contributed by atoms with Crippen LogP contribution < -0.4 is 32.3 Å². The third kappa shape index (κ3) is 12.5. The minimum Gasteiger partial charge on any atom is -0.469 e. The molecule has 2 aromatic rings. The minimum absolute atomic E-state index is 0.0954. The number of aliphatic hydroxyl groups excluding tert-OH is 1. The van der Waals surface area contributed by atoms with Crippen molar-refractivity contribution in [1.29, 1.82) is 0 Å². The molecule has 5 unspecified atom stereocenters. The summed E-state index contributed by atoms with van der Waals surface area (Å²) in [6, 6.07) is 1.51. The molecule has 2 rings (SSSR count). The fourth-order valence-corrected chi connectivity index (χ4v) is 4.49. The smallest absolute Gasteiger partial charge is 0.308 e. The van der Waals surface area contributed by atoms with E-state index in [9.17, 15) is 38.7 Å². The van der Waals surface area contributed by atoms with Crippen LogP contribution >= 0.6 is 0 Å². The maximum absolute atomic E-state index is 13.6. The molecule has 0 aliphatic rings. The number of para-hydroxylation sites is 1. The summed E-state index contributed by atoms with van der Waals surface area (Å²) >= 11 is 0. The van der Waals surface area contributed by atoms with Gasteiger partial charge >= 0.3 is 5.97 Å². The first-order chi connectivity index (χ1) is 21.9. The van der Waals surface area contributed by atoms with Crippen LogP contribution in [0.1, 0.15) is 53.0 Å². The van der Waals surface area contributed by atoms with Crippen molar-refractivity contribution in [3.05, 3.63) is 36.0 Å². The Bertz CT molecular complexity index is 1460. The number of hydrogen-bond acceptors (Lipinski definition) is 10. The number of carbonyl (C=O) groups is 7. The van der Waals surface area contributed by atoms with E-state index >= 15 is 0 Å². The highest BCUT2D eigenvalue weighted by Crippen LogP contribution is 2.19.